The van der Waals surface area contributed by atoms with Crippen LogP contribution in [0.4, 0.5) is 10.1 Å². The molecule has 4 nitrogen and oxygen atoms in total. The molecular formula is C10H18N4S. The number of nitrogens with zero attached hydrogens (tertiary/aromatic N) is 2. The highest BCUT2D eigenvalue weighted by Crippen LogP contribution is 2.22. The Kier molecular flexibility index (Phi) is 3.43. The predicted octanol–water partition coefficient (Wildman–Crippen LogP) is 1.62. The highest BCUT2D eigenvalue weighted by Gasteiger charge is 2.18. The molecule has 1 unspecified atom stereocenters. The molecule has 1 aromatic rings. The van der Waals surface area contributed by atoms with Crippen LogP contribution in [0.15, 0.2) is 6.20 Å². The Morgan fingerprint density at radius 2 is 2.60 bits per heavy atom. The summed E-state index contributed by atoms with van der Waals surface area (Å²) in [6.07, 6.45) is 4.22. The van der Waals surface area contributed by atoms with Crippen LogP contribution in [0.3, 0.4) is 0 Å². The van der Waals surface area contributed by atoms with Gasteiger partial charge in [-0.15, -0.1) is 0 Å². The molecule has 1 aromatic heterocycles. The highest BCUT2D eigenvalue weighted by molar-refractivity contribution is 7.19. The fraction of sp³-hybridized carbons (Fsp3) is 0.700. The number of hydrogen-bond donors (Lipinski definition) is 2. The molecule has 0 bridgehead atoms. The summed E-state index contributed by atoms with van der Waals surface area (Å²) < 4.78 is 0. The summed E-state index contributed by atoms with van der Waals surface area (Å²) in [7, 11) is 0. The summed E-state index contributed by atoms with van der Waals surface area (Å²) in [5.74, 6) is 0. The fourth-order valence-electron chi connectivity index (χ4n) is 1.99. The summed E-state index contributed by atoms with van der Waals surface area (Å²) in [6, 6.07) is 0.532. The number of nitrogen functional groups attached to an aromatic ring is 1. The minimum absolute atomic E-state index is 0.532. The van der Waals surface area contributed by atoms with Crippen LogP contribution in [0.25, 0.3) is 0 Å². The summed E-state index contributed by atoms with van der Waals surface area (Å²) in [6.45, 7) is 5.70. The zero-order valence-corrected chi connectivity index (χ0v) is 9.89. The zero-order valence-electron chi connectivity index (χ0n) is 9.07. The summed E-state index contributed by atoms with van der Waals surface area (Å²) in [5.41, 5.74) is 5.64. The van der Waals surface area contributed by atoms with E-state index in [1.165, 1.54) is 30.7 Å². The first-order chi connectivity index (χ1) is 7.28. The Bertz CT molecular complexity index is 312. The van der Waals surface area contributed by atoms with Crippen LogP contribution in [-0.2, 0) is 0 Å². The van der Waals surface area contributed by atoms with Gasteiger partial charge in [-0.1, -0.05) is 18.3 Å². The molecule has 0 spiro atoms. The fourth-order valence-corrected chi connectivity index (χ4v) is 2.65. The molecule has 1 fully saturated rings. The van der Waals surface area contributed by atoms with Gasteiger partial charge in [-0.05, 0) is 25.9 Å². The molecule has 1 aliphatic rings. The number of nitrogens with one attached hydrogen (secondary N) is 1. The first kappa shape index (κ1) is 10.7. The first-order valence-corrected chi connectivity index (χ1v) is 6.29. The lowest BCUT2D eigenvalue weighted by Crippen LogP contribution is -2.41. The minimum atomic E-state index is 0.532. The van der Waals surface area contributed by atoms with Gasteiger partial charge in [-0.25, -0.2) is 4.98 Å². The maximum atomic E-state index is 5.64. The number of anilines is 2. The molecule has 0 amide bonds. The average Bonchev–Trinajstić information content (AvgIpc) is 2.64. The minimum Gasteiger partial charge on any atom is -0.389 e. The quantitative estimate of drug-likeness (QED) is 0.822. The Morgan fingerprint density at radius 1 is 1.73 bits per heavy atom. The van der Waals surface area contributed by atoms with E-state index in [4.69, 9.17) is 5.73 Å². The van der Waals surface area contributed by atoms with E-state index in [2.05, 4.69) is 22.1 Å². The molecule has 1 atom stereocenters. The van der Waals surface area contributed by atoms with Crippen molar-refractivity contribution in [1.29, 1.82) is 0 Å². The van der Waals surface area contributed by atoms with Gasteiger partial charge in [0.05, 0.1) is 6.20 Å². The molecule has 5 heteroatoms. The van der Waals surface area contributed by atoms with Gasteiger partial charge in [0.1, 0.15) is 5.00 Å². The van der Waals surface area contributed by atoms with Crippen molar-refractivity contribution < 1.29 is 0 Å². The molecule has 2 heterocycles. The number of likely N-dealkylation sites (tertiary alicyclic amines) is 1. The van der Waals surface area contributed by atoms with Crippen LogP contribution in [0.1, 0.15) is 19.8 Å². The number of hydrogen-bond acceptors (Lipinski definition) is 5. The topological polar surface area (TPSA) is 54.2 Å². The summed E-state index contributed by atoms with van der Waals surface area (Å²) >= 11 is 1.53. The SMILES string of the molecule is CCN1CCCC(Nc2ncc(N)s2)C1. The van der Waals surface area contributed by atoms with E-state index in [0.29, 0.717) is 6.04 Å². The number of rotatable bonds is 3. The third-order valence-corrected chi connectivity index (χ3v) is 3.56. The van der Waals surface area contributed by atoms with Crippen LogP contribution >= 0.6 is 11.3 Å². The van der Waals surface area contributed by atoms with Crippen molar-refractivity contribution in [3.05, 3.63) is 6.20 Å². The van der Waals surface area contributed by atoms with Gasteiger partial charge in [0.25, 0.3) is 0 Å². The van der Waals surface area contributed by atoms with Gasteiger partial charge in [0, 0.05) is 12.6 Å². The van der Waals surface area contributed by atoms with Crippen molar-refractivity contribution in [2.45, 2.75) is 25.8 Å². The maximum Gasteiger partial charge on any atom is 0.184 e. The summed E-state index contributed by atoms with van der Waals surface area (Å²) in [4.78, 5) is 6.69. The van der Waals surface area contributed by atoms with E-state index in [0.717, 1.165) is 23.2 Å². The van der Waals surface area contributed by atoms with Gasteiger partial charge >= 0.3 is 0 Å². The third-order valence-electron chi connectivity index (χ3n) is 2.80. The molecule has 84 valence electrons. The van der Waals surface area contributed by atoms with Crippen molar-refractivity contribution in [3.8, 4) is 0 Å². The van der Waals surface area contributed by atoms with Crippen LogP contribution in [0.2, 0.25) is 0 Å². The molecule has 0 radical (unpaired) electrons. The zero-order chi connectivity index (χ0) is 10.7. The predicted molar refractivity (Wildman–Crippen MR) is 65.3 cm³/mol. The van der Waals surface area contributed by atoms with Crippen molar-refractivity contribution >= 4 is 21.5 Å². The average molecular weight is 226 g/mol. The standard InChI is InChI=1S/C10H18N4S/c1-2-14-5-3-4-8(7-14)13-10-12-6-9(11)15-10/h6,8H,2-5,7,11H2,1H3,(H,12,13). The lowest BCUT2D eigenvalue weighted by Gasteiger charge is -2.32. The Morgan fingerprint density at radius 3 is 3.27 bits per heavy atom. The van der Waals surface area contributed by atoms with Crippen LogP contribution in [0.5, 0.6) is 0 Å². The van der Waals surface area contributed by atoms with E-state index in [1.807, 2.05) is 0 Å². The van der Waals surface area contributed by atoms with E-state index < -0.39 is 0 Å². The molecule has 3 N–H and O–H groups in total. The second-order valence-electron chi connectivity index (χ2n) is 3.94. The highest BCUT2D eigenvalue weighted by atomic mass is 32.1. The van der Waals surface area contributed by atoms with Crippen LogP contribution in [-0.4, -0.2) is 35.6 Å². The number of likely N-dealkylation sites (N-methyl/N-ethyl adjacent to an activating group) is 1. The van der Waals surface area contributed by atoms with E-state index in [9.17, 15) is 0 Å². The number of nitrogens with two attached hydrogens (primary N) is 1. The number of thiazole rings is 1. The van der Waals surface area contributed by atoms with Crippen LogP contribution < -0.4 is 11.1 Å². The second kappa shape index (κ2) is 4.81. The normalized spacial score (nSPS) is 22.9. The maximum absolute atomic E-state index is 5.64. The largest absolute Gasteiger partial charge is 0.389 e. The number of piperidine rings is 1. The van der Waals surface area contributed by atoms with Gasteiger partial charge < -0.3 is 16.0 Å². The van der Waals surface area contributed by atoms with Crippen molar-refractivity contribution in [1.82, 2.24) is 9.88 Å². The first-order valence-electron chi connectivity index (χ1n) is 5.48. The van der Waals surface area contributed by atoms with E-state index in [1.54, 1.807) is 6.20 Å². The van der Waals surface area contributed by atoms with Gasteiger partial charge in [0.15, 0.2) is 5.13 Å². The van der Waals surface area contributed by atoms with Crippen LogP contribution in [0, 0.1) is 0 Å². The molecule has 1 saturated heterocycles. The Labute approximate surface area is 94.5 Å². The van der Waals surface area contributed by atoms with Crippen molar-refractivity contribution in [2.24, 2.45) is 0 Å². The molecule has 2 rings (SSSR count). The van der Waals surface area contributed by atoms with Crippen molar-refractivity contribution in [2.75, 3.05) is 30.7 Å². The smallest absolute Gasteiger partial charge is 0.184 e. The molecular weight excluding hydrogens is 208 g/mol. The van der Waals surface area contributed by atoms with Gasteiger partial charge in [-0.3, -0.25) is 0 Å². The Hall–Kier alpha value is -0.810. The van der Waals surface area contributed by atoms with Gasteiger partial charge in [0.2, 0.25) is 0 Å². The van der Waals surface area contributed by atoms with Crippen molar-refractivity contribution in [3.63, 3.8) is 0 Å². The molecule has 1 aliphatic heterocycles. The Balaban J connectivity index is 1.88. The third kappa shape index (κ3) is 2.82. The molecule has 0 aromatic carbocycles. The lowest BCUT2D eigenvalue weighted by atomic mass is 10.1. The van der Waals surface area contributed by atoms with E-state index >= 15 is 0 Å². The summed E-state index contributed by atoms with van der Waals surface area (Å²) in [5, 5.41) is 5.18. The monoisotopic (exact) mass is 226 g/mol. The lowest BCUT2D eigenvalue weighted by molar-refractivity contribution is 0.227. The molecule has 0 saturated carbocycles. The second-order valence-corrected chi connectivity index (χ2v) is 5.01. The van der Waals surface area contributed by atoms with Gasteiger partial charge in [-0.2, -0.15) is 0 Å². The molecule has 0 aliphatic carbocycles. The number of aromatic nitrogens is 1. The molecule has 15 heavy (non-hydrogen) atoms. The van der Waals surface area contributed by atoms with E-state index in [-0.39, 0.29) is 0 Å².